The zero-order valence-corrected chi connectivity index (χ0v) is 8.66. The van der Waals surface area contributed by atoms with Crippen LogP contribution in [0.15, 0.2) is 30.7 Å². The number of imidazole rings is 1. The first-order chi connectivity index (χ1) is 7.66. The van der Waals surface area contributed by atoms with Crippen LogP contribution in [0.5, 0.6) is 5.88 Å². The molecule has 1 aromatic carbocycles. The fraction of sp³-hybridized carbons (Fsp3) is 0. The largest absolute Gasteiger partial charge is 0.404 e. The Morgan fingerprint density at radius 3 is 2.94 bits per heavy atom. The van der Waals surface area contributed by atoms with E-state index in [-0.39, 0.29) is 16.5 Å². The second-order valence-electron chi connectivity index (χ2n) is 2.93. The van der Waals surface area contributed by atoms with E-state index in [1.807, 2.05) is 0 Å². The SMILES string of the molecule is O=C(Oc1cnc[nH]1)c1ccc(F)c(Cl)c1. The van der Waals surface area contributed by atoms with E-state index in [1.165, 1.54) is 24.7 Å². The van der Waals surface area contributed by atoms with Crippen LogP contribution in [0.1, 0.15) is 10.4 Å². The number of carbonyl (C=O) groups is 1. The molecule has 0 amide bonds. The van der Waals surface area contributed by atoms with Crippen LogP contribution >= 0.6 is 11.6 Å². The molecule has 0 aliphatic heterocycles. The first-order valence-corrected chi connectivity index (χ1v) is 4.70. The molecular formula is C10H6ClFN2O2. The van der Waals surface area contributed by atoms with Gasteiger partial charge in [-0.2, -0.15) is 0 Å². The van der Waals surface area contributed by atoms with Gasteiger partial charge in [0.05, 0.1) is 23.1 Å². The average molecular weight is 241 g/mol. The Morgan fingerprint density at radius 2 is 2.31 bits per heavy atom. The quantitative estimate of drug-likeness (QED) is 0.821. The normalized spacial score (nSPS) is 10.1. The predicted octanol–water partition coefficient (Wildman–Crippen LogP) is 2.42. The summed E-state index contributed by atoms with van der Waals surface area (Å²) in [6.45, 7) is 0. The van der Waals surface area contributed by atoms with Crippen molar-refractivity contribution in [2.75, 3.05) is 0 Å². The van der Waals surface area contributed by atoms with Crippen molar-refractivity contribution in [3.05, 3.63) is 47.1 Å². The van der Waals surface area contributed by atoms with Crippen LogP contribution in [0.3, 0.4) is 0 Å². The number of H-pyrrole nitrogens is 1. The monoisotopic (exact) mass is 240 g/mol. The van der Waals surface area contributed by atoms with Gasteiger partial charge in [-0.25, -0.2) is 14.2 Å². The molecule has 0 unspecified atom stereocenters. The van der Waals surface area contributed by atoms with Gasteiger partial charge in [0.1, 0.15) is 5.82 Å². The van der Waals surface area contributed by atoms with Gasteiger partial charge < -0.3 is 9.72 Å². The second-order valence-corrected chi connectivity index (χ2v) is 3.34. The highest BCUT2D eigenvalue weighted by Crippen LogP contribution is 2.17. The number of esters is 1. The molecule has 1 N–H and O–H groups in total. The summed E-state index contributed by atoms with van der Waals surface area (Å²) < 4.78 is 17.7. The minimum atomic E-state index is -0.633. The van der Waals surface area contributed by atoms with Crippen LogP contribution in [-0.2, 0) is 0 Å². The molecule has 6 heteroatoms. The molecule has 1 heterocycles. The summed E-state index contributed by atoms with van der Waals surface area (Å²) >= 11 is 5.54. The highest BCUT2D eigenvalue weighted by Gasteiger charge is 2.11. The lowest BCUT2D eigenvalue weighted by atomic mass is 10.2. The van der Waals surface area contributed by atoms with Crippen LogP contribution in [0.2, 0.25) is 5.02 Å². The molecule has 4 nitrogen and oxygen atoms in total. The van der Waals surface area contributed by atoms with E-state index in [9.17, 15) is 9.18 Å². The fourth-order valence-electron chi connectivity index (χ4n) is 1.08. The molecule has 0 radical (unpaired) electrons. The molecule has 0 fully saturated rings. The van der Waals surface area contributed by atoms with Gasteiger partial charge >= 0.3 is 5.97 Å². The molecule has 82 valence electrons. The van der Waals surface area contributed by atoms with Crippen molar-refractivity contribution in [1.82, 2.24) is 9.97 Å². The Balaban J connectivity index is 2.18. The summed E-state index contributed by atoms with van der Waals surface area (Å²) in [4.78, 5) is 17.8. The van der Waals surface area contributed by atoms with E-state index in [4.69, 9.17) is 16.3 Å². The number of rotatable bonds is 2. The maximum absolute atomic E-state index is 12.8. The van der Waals surface area contributed by atoms with Gasteiger partial charge in [0.25, 0.3) is 0 Å². The summed E-state index contributed by atoms with van der Waals surface area (Å²) in [6.07, 6.45) is 2.73. The molecule has 0 bridgehead atoms. The maximum atomic E-state index is 12.8. The smallest absolute Gasteiger partial charge is 0.344 e. The van der Waals surface area contributed by atoms with Gasteiger partial charge in [-0.3, -0.25) is 0 Å². The van der Waals surface area contributed by atoms with E-state index in [2.05, 4.69) is 9.97 Å². The number of halogens is 2. The molecule has 0 saturated heterocycles. The van der Waals surface area contributed by atoms with Crippen molar-refractivity contribution in [3.8, 4) is 5.88 Å². The van der Waals surface area contributed by atoms with E-state index < -0.39 is 11.8 Å². The summed E-state index contributed by atoms with van der Waals surface area (Å²) in [5.41, 5.74) is 0.168. The van der Waals surface area contributed by atoms with Crippen molar-refractivity contribution in [3.63, 3.8) is 0 Å². The number of benzene rings is 1. The molecule has 2 aromatic rings. The first-order valence-electron chi connectivity index (χ1n) is 4.32. The third kappa shape index (κ3) is 2.20. The number of aromatic nitrogens is 2. The summed E-state index contributed by atoms with van der Waals surface area (Å²) in [7, 11) is 0. The lowest BCUT2D eigenvalue weighted by Crippen LogP contribution is -2.08. The number of carbonyl (C=O) groups excluding carboxylic acids is 1. The minimum Gasteiger partial charge on any atom is -0.404 e. The number of nitrogens with one attached hydrogen (secondary N) is 1. The number of hydrogen-bond acceptors (Lipinski definition) is 3. The van der Waals surface area contributed by atoms with Crippen LogP contribution < -0.4 is 4.74 Å². The van der Waals surface area contributed by atoms with Crippen molar-refractivity contribution in [2.45, 2.75) is 0 Å². The standard InChI is InChI=1S/C10H6ClFN2O2/c11-7-3-6(1-2-8(7)12)10(15)16-9-4-13-5-14-9/h1-5H,(H,13,14). The third-order valence-electron chi connectivity index (χ3n) is 1.83. The highest BCUT2D eigenvalue weighted by molar-refractivity contribution is 6.31. The average Bonchev–Trinajstić information content (AvgIpc) is 2.74. The fourth-order valence-corrected chi connectivity index (χ4v) is 1.26. The van der Waals surface area contributed by atoms with Crippen molar-refractivity contribution in [1.29, 1.82) is 0 Å². The maximum Gasteiger partial charge on any atom is 0.344 e. The van der Waals surface area contributed by atoms with Crippen LogP contribution in [0.4, 0.5) is 4.39 Å². The molecule has 0 atom stereocenters. The molecule has 1 aromatic heterocycles. The van der Waals surface area contributed by atoms with Gasteiger partial charge in [0.2, 0.25) is 5.88 Å². The minimum absolute atomic E-state index is 0.126. The van der Waals surface area contributed by atoms with Crippen molar-refractivity contribution >= 4 is 17.6 Å². The molecule has 0 aliphatic carbocycles. The van der Waals surface area contributed by atoms with Gasteiger partial charge in [-0.1, -0.05) is 11.6 Å². The zero-order valence-electron chi connectivity index (χ0n) is 7.91. The van der Waals surface area contributed by atoms with Gasteiger partial charge in [-0.15, -0.1) is 0 Å². The Morgan fingerprint density at radius 1 is 1.50 bits per heavy atom. The molecule has 16 heavy (non-hydrogen) atoms. The highest BCUT2D eigenvalue weighted by atomic mass is 35.5. The van der Waals surface area contributed by atoms with Crippen molar-refractivity contribution < 1.29 is 13.9 Å². The third-order valence-corrected chi connectivity index (χ3v) is 2.12. The molecular weight excluding hydrogens is 235 g/mol. The van der Waals surface area contributed by atoms with E-state index in [0.717, 1.165) is 6.07 Å². The van der Waals surface area contributed by atoms with Crippen molar-refractivity contribution in [2.24, 2.45) is 0 Å². The Bertz CT molecular complexity index is 514. The van der Waals surface area contributed by atoms with E-state index >= 15 is 0 Å². The molecule has 0 spiro atoms. The van der Waals surface area contributed by atoms with E-state index in [1.54, 1.807) is 0 Å². The number of hydrogen-bond donors (Lipinski definition) is 1. The molecule has 0 aliphatic rings. The van der Waals surface area contributed by atoms with Gasteiger partial charge in [0, 0.05) is 0 Å². The Kier molecular flexibility index (Phi) is 2.87. The van der Waals surface area contributed by atoms with E-state index in [0.29, 0.717) is 0 Å². The lowest BCUT2D eigenvalue weighted by molar-refractivity contribution is 0.0728. The number of nitrogens with zero attached hydrogens (tertiary/aromatic N) is 1. The van der Waals surface area contributed by atoms with Crippen LogP contribution in [0.25, 0.3) is 0 Å². The lowest BCUT2D eigenvalue weighted by Gasteiger charge is -2.02. The summed E-state index contributed by atoms with van der Waals surface area (Å²) in [5.74, 6) is -1.00. The van der Waals surface area contributed by atoms with Crippen LogP contribution in [0, 0.1) is 5.82 Å². The first kappa shape index (κ1) is 10.6. The topological polar surface area (TPSA) is 55.0 Å². The van der Waals surface area contributed by atoms with Gasteiger partial charge in [-0.05, 0) is 18.2 Å². The zero-order chi connectivity index (χ0) is 11.5. The summed E-state index contributed by atoms with van der Waals surface area (Å²) in [5, 5.41) is -0.126. The predicted molar refractivity (Wildman–Crippen MR) is 55.0 cm³/mol. The Hall–Kier alpha value is -1.88. The second kappa shape index (κ2) is 4.32. The number of aromatic amines is 1. The van der Waals surface area contributed by atoms with Gasteiger partial charge in [0.15, 0.2) is 0 Å². The number of ether oxygens (including phenoxy) is 1. The summed E-state index contributed by atoms with van der Waals surface area (Å²) in [6, 6.07) is 3.60. The Labute approximate surface area is 95.0 Å². The molecule has 2 rings (SSSR count). The van der Waals surface area contributed by atoms with Crippen LogP contribution in [-0.4, -0.2) is 15.9 Å². The molecule has 0 saturated carbocycles.